The third kappa shape index (κ3) is 2.25. The van der Waals surface area contributed by atoms with E-state index in [0.717, 1.165) is 12.8 Å². The van der Waals surface area contributed by atoms with Gasteiger partial charge in [-0.15, -0.1) is 0 Å². The average molecular weight is 279 g/mol. The van der Waals surface area contributed by atoms with Crippen molar-refractivity contribution >= 4 is 5.91 Å². The van der Waals surface area contributed by atoms with Crippen LogP contribution in [0.15, 0.2) is 48.5 Å². The van der Waals surface area contributed by atoms with Gasteiger partial charge in [-0.1, -0.05) is 62.4 Å². The number of carbonyl (C=O) groups excluding carboxylic acids is 1. The van der Waals surface area contributed by atoms with Gasteiger partial charge in [0.05, 0.1) is 5.41 Å². The molecule has 0 bridgehead atoms. The molecule has 1 aliphatic rings. The molecule has 2 aromatic rings. The second-order valence-electron chi connectivity index (χ2n) is 6.42. The molecule has 0 fully saturated rings. The molecule has 0 saturated carbocycles. The second kappa shape index (κ2) is 5.03. The zero-order valence-corrected chi connectivity index (χ0v) is 12.6. The molecule has 108 valence electrons. The summed E-state index contributed by atoms with van der Waals surface area (Å²) in [4.78, 5) is 12.1. The van der Waals surface area contributed by atoms with Crippen molar-refractivity contribution in [3.63, 3.8) is 0 Å². The number of nitrogens with two attached hydrogens (primary N) is 1. The number of amides is 1. The van der Waals surface area contributed by atoms with Crippen LogP contribution in [0.4, 0.5) is 0 Å². The van der Waals surface area contributed by atoms with Crippen molar-refractivity contribution in [2.45, 2.75) is 32.6 Å². The Morgan fingerprint density at radius 2 is 1.38 bits per heavy atom. The van der Waals surface area contributed by atoms with E-state index in [9.17, 15) is 4.79 Å². The van der Waals surface area contributed by atoms with Crippen LogP contribution in [0.5, 0.6) is 0 Å². The number of fused-ring (bicyclic) bond motifs is 2. The molecule has 2 nitrogen and oxygen atoms in total. The maximum absolute atomic E-state index is 12.1. The van der Waals surface area contributed by atoms with Gasteiger partial charge in [-0.2, -0.15) is 0 Å². The fourth-order valence-electron chi connectivity index (χ4n) is 3.44. The number of benzene rings is 2. The summed E-state index contributed by atoms with van der Waals surface area (Å²) in [7, 11) is 0. The van der Waals surface area contributed by atoms with E-state index in [0.29, 0.717) is 0 Å². The van der Waals surface area contributed by atoms with Crippen molar-refractivity contribution in [3.05, 3.63) is 70.8 Å². The lowest BCUT2D eigenvalue weighted by molar-refractivity contribution is -0.126. The van der Waals surface area contributed by atoms with Gasteiger partial charge in [0.15, 0.2) is 0 Å². The molecule has 21 heavy (non-hydrogen) atoms. The minimum Gasteiger partial charge on any atom is -0.369 e. The molecule has 0 aliphatic heterocycles. The molecular formula is C19H21NO. The first-order chi connectivity index (χ1) is 10.0. The summed E-state index contributed by atoms with van der Waals surface area (Å²) in [6.45, 7) is 3.91. The maximum atomic E-state index is 12.1. The topological polar surface area (TPSA) is 43.1 Å². The van der Waals surface area contributed by atoms with E-state index in [-0.39, 0.29) is 11.8 Å². The molecular weight excluding hydrogens is 258 g/mol. The summed E-state index contributed by atoms with van der Waals surface area (Å²) >= 11 is 0. The lowest BCUT2D eigenvalue weighted by atomic mass is 9.69. The number of carbonyl (C=O) groups is 1. The molecule has 0 saturated heterocycles. The molecule has 2 heteroatoms. The normalized spacial score (nSPS) is 15.0. The molecule has 2 aromatic carbocycles. The first-order valence-electron chi connectivity index (χ1n) is 7.47. The summed E-state index contributed by atoms with van der Waals surface area (Å²) < 4.78 is 0. The third-order valence-corrected chi connectivity index (χ3v) is 4.75. The van der Waals surface area contributed by atoms with Crippen LogP contribution in [0, 0.1) is 5.41 Å². The van der Waals surface area contributed by atoms with Gasteiger partial charge in [0.2, 0.25) is 5.91 Å². The fraction of sp³-hybridized carbons (Fsp3) is 0.316. The molecule has 2 N–H and O–H groups in total. The first kappa shape index (κ1) is 13.9. The summed E-state index contributed by atoms with van der Waals surface area (Å²) in [5.41, 5.74) is 10.3. The summed E-state index contributed by atoms with van der Waals surface area (Å²) in [5.74, 6) is -0.232. The zero-order valence-electron chi connectivity index (χ0n) is 12.6. The molecule has 0 heterocycles. The van der Waals surface area contributed by atoms with E-state index in [2.05, 4.69) is 48.5 Å². The molecule has 0 spiro atoms. The minimum absolute atomic E-state index is 0.0184. The van der Waals surface area contributed by atoms with E-state index in [1.807, 2.05) is 13.8 Å². The second-order valence-corrected chi connectivity index (χ2v) is 6.42. The van der Waals surface area contributed by atoms with E-state index < -0.39 is 5.41 Å². The largest absolute Gasteiger partial charge is 0.369 e. The van der Waals surface area contributed by atoms with Crippen molar-refractivity contribution in [1.82, 2.24) is 0 Å². The third-order valence-electron chi connectivity index (χ3n) is 4.75. The standard InChI is InChI=1S/C19H21NO/c1-19(2,18(20)21)17-15-9-5-3-7-13(15)11-12-14-8-4-6-10-16(14)17/h3-10,17H,11-12H2,1-2H3,(H2,20,21). The summed E-state index contributed by atoms with van der Waals surface area (Å²) in [5, 5.41) is 0. The predicted octanol–water partition coefficient (Wildman–Crippen LogP) is 3.43. The summed E-state index contributed by atoms with van der Waals surface area (Å²) in [6, 6.07) is 16.9. The Morgan fingerprint density at radius 1 is 0.952 bits per heavy atom. The lowest BCUT2D eigenvalue weighted by Gasteiger charge is -2.33. The van der Waals surface area contributed by atoms with Crippen LogP contribution in [0.2, 0.25) is 0 Å². The highest BCUT2D eigenvalue weighted by molar-refractivity contribution is 5.82. The summed E-state index contributed by atoms with van der Waals surface area (Å²) in [6.07, 6.45) is 2.02. The maximum Gasteiger partial charge on any atom is 0.224 e. The van der Waals surface area contributed by atoms with Gasteiger partial charge >= 0.3 is 0 Å². The van der Waals surface area contributed by atoms with Crippen molar-refractivity contribution in [1.29, 1.82) is 0 Å². The van der Waals surface area contributed by atoms with E-state index in [4.69, 9.17) is 5.73 Å². The fourth-order valence-corrected chi connectivity index (χ4v) is 3.44. The van der Waals surface area contributed by atoms with E-state index in [1.54, 1.807) is 0 Å². The SMILES string of the molecule is CC(C)(C(N)=O)C1c2ccccc2CCc2ccccc21. The quantitative estimate of drug-likeness (QED) is 0.899. The van der Waals surface area contributed by atoms with Crippen LogP contribution < -0.4 is 5.73 Å². The van der Waals surface area contributed by atoms with Gasteiger partial charge in [-0.25, -0.2) is 0 Å². The predicted molar refractivity (Wildman–Crippen MR) is 85.1 cm³/mol. The van der Waals surface area contributed by atoms with Crippen molar-refractivity contribution in [3.8, 4) is 0 Å². The minimum atomic E-state index is -0.615. The van der Waals surface area contributed by atoms with Crippen LogP contribution in [0.3, 0.4) is 0 Å². The van der Waals surface area contributed by atoms with Crippen LogP contribution >= 0.6 is 0 Å². The Kier molecular flexibility index (Phi) is 3.32. The smallest absolute Gasteiger partial charge is 0.224 e. The van der Waals surface area contributed by atoms with Gasteiger partial charge in [-0.05, 0) is 35.1 Å². The molecule has 0 aromatic heterocycles. The Labute approximate surface area is 126 Å². The number of rotatable bonds is 2. The van der Waals surface area contributed by atoms with Crippen molar-refractivity contribution in [2.24, 2.45) is 11.1 Å². The van der Waals surface area contributed by atoms with Gasteiger partial charge in [0, 0.05) is 5.92 Å². The molecule has 0 radical (unpaired) electrons. The van der Waals surface area contributed by atoms with Crippen molar-refractivity contribution < 1.29 is 4.79 Å². The zero-order chi connectivity index (χ0) is 15.0. The molecule has 1 aliphatic carbocycles. The Bertz CT molecular complexity index is 640. The van der Waals surface area contributed by atoms with Gasteiger partial charge in [0.25, 0.3) is 0 Å². The molecule has 1 amide bonds. The Balaban J connectivity index is 2.28. The van der Waals surface area contributed by atoms with Crippen LogP contribution in [-0.4, -0.2) is 5.91 Å². The Hall–Kier alpha value is -2.09. The number of hydrogen-bond donors (Lipinski definition) is 1. The molecule has 0 unspecified atom stereocenters. The van der Waals surface area contributed by atoms with Gasteiger partial charge in [-0.3, -0.25) is 4.79 Å². The average Bonchev–Trinajstić information content (AvgIpc) is 2.64. The number of primary amides is 1. The van der Waals surface area contributed by atoms with Crippen LogP contribution in [-0.2, 0) is 17.6 Å². The molecule has 3 rings (SSSR count). The highest BCUT2D eigenvalue weighted by atomic mass is 16.1. The van der Waals surface area contributed by atoms with Crippen LogP contribution in [0.1, 0.15) is 42.0 Å². The highest BCUT2D eigenvalue weighted by Gasteiger charge is 2.40. The van der Waals surface area contributed by atoms with E-state index >= 15 is 0 Å². The van der Waals surface area contributed by atoms with Gasteiger partial charge < -0.3 is 5.73 Å². The van der Waals surface area contributed by atoms with Crippen LogP contribution in [0.25, 0.3) is 0 Å². The van der Waals surface area contributed by atoms with E-state index in [1.165, 1.54) is 22.3 Å². The lowest BCUT2D eigenvalue weighted by Crippen LogP contribution is -2.38. The number of aryl methyl sites for hydroxylation is 2. The van der Waals surface area contributed by atoms with Gasteiger partial charge in [0.1, 0.15) is 0 Å². The van der Waals surface area contributed by atoms with Crippen molar-refractivity contribution in [2.75, 3.05) is 0 Å². The monoisotopic (exact) mass is 279 g/mol. The Morgan fingerprint density at radius 3 is 1.81 bits per heavy atom. The number of hydrogen-bond acceptors (Lipinski definition) is 1. The highest BCUT2D eigenvalue weighted by Crippen LogP contribution is 2.45. The molecule has 0 atom stereocenters. The first-order valence-corrected chi connectivity index (χ1v) is 7.47.